The van der Waals surface area contributed by atoms with Crippen LogP contribution in [0.5, 0.6) is 0 Å². The van der Waals surface area contributed by atoms with E-state index in [1.54, 1.807) is 18.0 Å². The predicted molar refractivity (Wildman–Crippen MR) is 101 cm³/mol. The minimum Gasteiger partial charge on any atom is -0.356 e. The summed E-state index contributed by atoms with van der Waals surface area (Å²) in [7, 11) is 0. The lowest BCUT2D eigenvalue weighted by Crippen LogP contribution is -2.19. The van der Waals surface area contributed by atoms with Crippen molar-refractivity contribution in [1.82, 2.24) is 9.97 Å². The average Bonchev–Trinajstić information content (AvgIpc) is 3.15. The van der Waals surface area contributed by atoms with Crippen molar-refractivity contribution in [2.24, 2.45) is 0 Å². The molecule has 2 aromatic rings. The monoisotopic (exact) mass is 360 g/mol. The maximum atomic E-state index is 12.1. The lowest BCUT2D eigenvalue weighted by atomic mass is 10.3. The van der Waals surface area contributed by atoms with E-state index in [0.717, 1.165) is 29.5 Å². The second-order valence-corrected chi connectivity index (χ2v) is 7.28. The van der Waals surface area contributed by atoms with Crippen molar-refractivity contribution < 1.29 is 4.79 Å². The summed E-state index contributed by atoms with van der Waals surface area (Å²) < 4.78 is 0. The number of nitrogens with one attached hydrogen (secondary N) is 1. The lowest BCUT2D eigenvalue weighted by Gasteiger charge is -2.16. The number of rotatable bonds is 6. The number of benzene rings is 1. The molecule has 7 heteroatoms. The highest BCUT2D eigenvalue weighted by Crippen LogP contribution is 2.22. The SMILES string of the molecule is CSc1cccc(NC(=O)CSc2nccc(N3CCCC3)n2)c1. The van der Waals surface area contributed by atoms with Crippen molar-refractivity contribution in [3.05, 3.63) is 36.5 Å². The van der Waals surface area contributed by atoms with Gasteiger partial charge >= 0.3 is 0 Å². The van der Waals surface area contributed by atoms with E-state index < -0.39 is 0 Å². The van der Waals surface area contributed by atoms with Crippen LogP contribution in [0.25, 0.3) is 0 Å². The molecule has 3 rings (SSSR count). The molecule has 0 unspecified atom stereocenters. The summed E-state index contributed by atoms with van der Waals surface area (Å²) in [5.41, 5.74) is 0.819. The minimum atomic E-state index is -0.0478. The Bertz CT molecular complexity index is 704. The molecule has 0 spiro atoms. The van der Waals surface area contributed by atoms with Crippen LogP contribution in [0.1, 0.15) is 12.8 Å². The molecule has 0 bridgehead atoms. The van der Waals surface area contributed by atoms with Gasteiger partial charge in [0.05, 0.1) is 5.75 Å². The fourth-order valence-electron chi connectivity index (χ4n) is 2.55. The van der Waals surface area contributed by atoms with Crippen LogP contribution < -0.4 is 10.2 Å². The summed E-state index contributed by atoms with van der Waals surface area (Å²) in [6, 6.07) is 9.76. The molecule has 0 radical (unpaired) electrons. The maximum absolute atomic E-state index is 12.1. The Morgan fingerprint density at radius 1 is 1.29 bits per heavy atom. The predicted octanol–water partition coefficient (Wildman–Crippen LogP) is 3.53. The Labute approximate surface area is 150 Å². The molecule has 0 saturated carbocycles. The van der Waals surface area contributed by atoms with Crippen LogP contribution in [0.2, 0.25) is 0 Å². The van der Waals surface area contributed by atoms with E-state index in [9.17, 15) is 4.79 Å². The quantitative estimate of drug-likeness (QED) is 0.628. The average molecular weight is 361 g/mol. The molecule has 0 aliphatic carbocycles. The van der Waals surface area contributed by atoms with Gasteiger partial charge in [0.1, 0.15) is 5.82 Å². The Morgan fingerprint density at radius 3 is 2.92 bits per heavy atom. The molecule has 1 fully saturated rings. The summed E-state index contributed by atoms with van der Waals surface area (Å²) in [5, 5.41) is 3.56. The van der Waals surface area contributed by atoms with E-state index in [4.69, 9.17) is 0 Å². The summed E-state index contributed by atoms with van der Waals surface area (Å²) in [5.74, 6) is 1.21. The highest BCUT2D eigenvalue weighted by atomic mass is 32.2. The van der Waals surface area contributed by atoms with Gasteiger partial charge in [-0.25, -0.2) is 9.97 Å². The summed E-state index contributed by atoms with van der Waals surface area (Å²) in [6.45, 7) is 2.10. The second-order valence-electron chi connectivity index (χ2n) is 5.46. The molecule has 24 heavy (non-hydrogen) atoms. The summed E-state index contributed by atoms with van der Waals surface area (Å²) in [6.07, 6.45) is 6.21. The van der Waals surface area contributed by atoms with Gasteiger partial charge in [-0.3, -0.25) is 4.79 Å². The minimum absolute atomic E-state index is 0.0478. The molecule has 1 aliphatic rings. The number of carbonyl (C=O) groups is 1. The largest absolute Gasteiger partial charge is 0.356 e. The number of carbonyl (C=O) groups excluding carboxylic acids is 1. The topological polar surface area (TPSA) is 58.1 Å². The number of anilines is 2. The van der Waals surface area contributed by atoms with Crippen molar-refractivity contribution in [1.29, 1.82) is 0 Å². The van der Waals surface area contributed by atoms with Crippen LogP contribution in [-0.4, -0.2) is 41.0 Å². The van der Waals surface area contributed by atoms with E-state index in [1.807, 2.05) is 36.6 Å². The maximum Gasteiger partial charge on any atom is 0.234 e. The normalized spacial score (nSPS) is 14.0. The molecule has 2 heterocycles. The van der Waals surface area contributed by atoms with Crippen LogP contribution >= 0.6 is 23.5 Å². The van der Waals surface area contributed by atoms with Crippen molar-refractivity contribution >= 4 is 40.9 Å². The van der Waals surface area contributed by atoms with Crippen LogP contribution in [0, 0.1) is 0 Å². The molecule has 1 saturated heterocycles. The third kappa shape index (κ3) is 4.64. The molecule has 1 N–H and O–H groups in total. The Hall–Kier alpha value is -1.73. The molecule has 1 aromatic carbocycles. The van der Waals surface area contributed by atoms with Gasteiger partial charge in [-0.2, -0.15) is 0 Å². The zero-order valence-corrected chi connectivity index (χ0v) is 15.2. The molecular formula is C17H20N4OS2. The van der Waals surface area contributed by atoms with E-state index in [1.165, 1.54) is 24.6 Å². The van der Waals surface area contributed by atoms with Gasteiger partial charge in [0.2, 0.25) is 5.91 Å². The number of nitrogens with zero attached hydrogens (tertiary/aromatic N) is 3. The zero-order valence-electron chi connectivity index (χ0n) is 13.6. The molecule has 1 aromatic heterocycles. The van der Waals surface area contributed by atoms with Crippen LogP contribution in [0.4, 0.5) is 11.5 Å². The molecule has 1 amide bonds. The Balaban J connectivity index is 1.55. The summed E-state index contributed by atoms with van der Waals surface area (Å²) >= 11 is 3.02. The fraction of sp³-hybridized carbons (Fsp3) is 0.353. The van der Waals surface area contributed by atoms with Crippen molar-refractivity contribution in [3.8, 4) is 0 Å². The number of hydrogen-bond acceptors (Lipinski definition) is 6. The standard InChI is InChI=1S/C17H20N4OS2/c1-23-14-6-4-5-13(11-14)19-16(22)12-24-17-18-8-7-15(20-17)21-9-2-3-10-21/h4-8,11H,2-3,9-10,12H2,1H3,(H,19,22). The Kier molecular flexibility index (Phi) is 5.98. The van der Waals surface area contributed by atoms with Gasteiger partial charge in [-0.15, -0.1) is 11.8 Å². The summed E-state index contributed by atoms with van der Waals surface area (Å²) in [4.78, 5) is 24.3. The zero-order chi connectivity index (χ0) is 16.8. The first-order valence-electron chi connectivity index (χ1n) is 7.89. The van der Waals surface area contributed by atoms with Gasteiger partial charge in [0, 0.05) is 29.9 Å². The first-order valence-corrected chi connectivity index (χ1v) is 10.1. The van der Waals surface area contributed by atoms with Gasteiger partial charge in [-0.05, 0) is 43.4 Å². The molecule has 126 valence electrons. The number of hydrogen-bond donors (Lipinski definition) is 1. The van der Waals surface area contributed by atoms with Gasteiger partial charge in [0.15, 0.2) is 5.16 Å². The first-order chi connectivity index (χ1) is 11.7. The second kappa shape index (κ2) is 8.39. The van der Waals surface area contributed by atoms with Crippen LogP contribution in [-0.2, 0) is 4.79 Å². The highest BCUT2D eigenvalue weighted by Gasteiger charge is 2.14. The van der Waals surface area contributed by atoms with Gasteiger partial charge in [-0.1, -0.05) is 17.8 Å². The highest BCUT2D eigenvalue weighted by molar-refractivity contribution is 7.99. The van der Waals surface area contributed by atoms with Crippen molar-refractivity contribution in [2.75, 3.05) is 35.3 Å². The molecular weight excluding hydrogens is 340 g/mol. The lowest BCUT2D eigenvalue weighted by molar-refractivity contribution is -0.113. The van der Waals surface area contributed by atoms with Crippen LogP contribution in [0.3, 0.4) is 0 Å². The third-order valence-corrected chi connectivity index (χ3v) is 5.32. The fourth-order valence-corrected chi connectivity index (χ4v) is 3.64. The van der Waals surface area contributed by atoms with Gasteiger partial charge < -0.3 is 10.2 Å². The van der Waals surface area contributed by atoms with Crippen molar-refractivity contribution in [3.63, 3.8) is 0 Å². The van der Waals surface area contributed by atoms with E-state index in [2.05, 4.69) is 20.2 Å². The van der Waals surface area contributed by atoms with Crippen LogP contribution in [0.15, 0.2) is 46.6 Å². The van der Waals surface area contributed by atoms with Crippen molar-refractivity contribution in [2.45, 2.75) is 22.9 Å². The van der Waals surface area contributed by atoms with Gasteiger partial charge in [0.25, 0.3) is 0 Å². The first kappa shape index (κ1) is 17.1. The number of aromatic nitrogens is 2. The number of thioether (sulfide) groups is 2. The van der Waals surface area contributed by atoms with E-state index in [-0.39, 0.29) is 5.91 Å². The van der Waals surface area contributed by atoms with E-state index >= 15 is 0 Å². The molecule has 0 atom stereocenters. The third-order valence-electron chi connectivity index (χ3n) is 3.73. The smallest absolute Gasteiger partial charge is 0.234 e. The van der Waals surface area contributed by atoms with E-state index in [0.29, 0.717) is 10.9 Å². The molecule has 1 aliphatic heterocycles. The Morgan fingerprint density at radius 2 is 2.12 bits per heavy atom. The number of amides is 1. The molecule has 5 nitrogen and oxygen atoms in total.